The predicted molar refractivity (Wildman–Crippen MR) is 62.2 cm³/mol. The summed E-state index contributed by atoms with van der Waals surface area (Å²) in [5, 5.41) is 5.19. The van der Waals surface area contributed by atoms with Gasteiger partial charge in [-0.25, -0.2) is 4.79 Å². The molecule has 0 atom stereocenters. The second-order valence-corrected chi connectivity index (χ2v) is 2.89. The second-order valence-electron chi connectivity index (χ2n) is 2.89. The molecule has 3 nitrogen and oxygen atoms in total. The van der Waals surface area contributed by atoms with Crippen LogP contribution in [0.1, 0.15) is 5.56 Å². The maximum atomic E-state index is 11.1. The van der Waals surface area contributed by atoms with E-state index in [0.29, 0.717) is 6.54 Å². The van der Waals surface area contributed by atoms with E-state index >= 15 is 0 Å². The van der Waals surface area contributed by atoms with Crippen molar-refractivity contribution in [3.63, 3.8) is 0 Å². The molecule has 2 N–H and O–H groups in total. The third-order valence-electron chi connectivity index (χ3n) is 1.70. The Bertz CT molecular complexity index is 344. The summed E-state index contributed by atoms with van der Waals surface area (Å²) in [6.45, 7) is 3.96. The lowest BCUT2D eigenvalue weighted by Gasteiger charge is -1.99. The maximum absolute atomic E-state index is 11.1. The first-order valence-corrected chi connectivity index (χ1v) is 4.70. The van der Waals surface area contributed by atoms with Gasteiger partial charge in [-0.3, -0.25) is 0 Å². The molecule has 0 radical (unpaired) electrons. The van der Waals surface area contributed by atoms with Crippen LogP contribution >= 0.6 is 0 Å². The standard InChI is InChI=1S/C12H14N2O/c1-2-9-13-12(15)14-10-8-11-6-4-3-5-7-11/h2-8,10H,1,9H2,(H2,13,14,15)/b10-8+. The van der Waals surface area contributed by atoms with Crippen molar-refractivity contribution in [2.24, 2.45) is 0 Å². The van der Waals surface area contributed by atoms with E-state index in [-0.39, 0.29) is 6.03 Å². The van der Waals surface area contributed by atoms with Gasteiger partial charge in [0.1, 0.15) is 0 Å². The number of nitrogens with one attached hydrogen (secondary N) is 2. The largest absolute Gasteiger partial charge is 0.334 e. The van der Waals surface area contributed by atoms with Gasteiger partial charge in [0.15, 0.2) is 0 Å². The number of carbonyl (C=O) groups is 1. The normalized spacial score (nSPS) is 9.87. The minimum Gasteiger partial charge on any atom is -0.334 e. The van der Waals surface area contributed by atoms with Crippen LogP contribution in [0, 0.1) is 0 Å². The zero-order valence-corrected chi connectivity index (χ0v) is 8.44. The molecule has 3 heteroatoms. The highest BCUT2D eigenvalue weighted by molar-refractivity contribution is 5.75. The van der Waals surface area contributed by atoms with Crippen molar-refractivity contribution in [2.75, 3.05) is 6.54 Å². The molecule has 0 fully saturated rings. The van der Waals surface area contributed by atoms with Gasteiger partial charge < -0.3 is 10.6 Å². The molecule has 15 heavy (non-hydrogen) atoms. The third-order valence-corrected chi connectivity index (χ3v) is 1.70. The molecule has 1 rings (SSSR count). The quantitative estimate of drug-likeness (QED) is 0.721. The fraction of sp³-hybridized carbons (Fsp3) is 0.0833. The van der Waals surface area contributed by atoms with E-state index in [9.17, 15) is 4.79 Å². The van der Waals surface area contributed by atoms with Crippen LogP contribution in [0.5, 0.6) is 0 Å². The van der Waals surface area contributed by atoms with Gasteiger partial charge in [-0.15, -0.1) is 6.58 Å². The second kappa shape index (κ2) is 6.43. The van der Waals surface area contributed by atoms with Crippen LogP contribution in [-0.4, -0.2) is 12.6 Å². The van der Waals surface area contributed by atoms with E-state index in [1.165, 1.54) is 0 Å². The van der Waals surface area contributed by atoms with E-state index in [0.717, 1.165) is 5.56 Å². The van der Waals surface area contributed by atoms with Crippen molar-refractivity contribution in [2.45, 2.75) is 0 Å². The molecule has 0 aliphatic heterocycles. The summed E-state index contributed by atoms with van der Waals surface area (Å²) in [4.78, 5) is 11.1. The molecule has 2 amide bonds. The Morgan fingerprint density at radius 2 is 2.07 bits per heavy atom. The summed E-state index contributed by atoms with van der Waals surface area (Å²) in [6.07, 6.45) is 5.06. The molecule has 0 unspecified atom stereocenters. The third kappa shape index (κ3) is 4.67. The van der Waals surface area contributed by atoms with Crippen LogP contribution in [0.4, 0.5) is 4.79 Å². The fourth-order valence-corrected chi connectivity index (χ4v) is 0.994. The summed E-state index contributed by atoms with van der Waals surface area (Å²) in [7, 11) is 0. The zero-order chi connectivity index (χ0) is 10.9. The van der Waals surface area contributed by atoms with E-state index in [2.05, 4.69) is 17.2 Å². The molecular formula is C12H14N2O. The van der Waals surface area contributed by atoms with Gasteiger partial charge >= 0.3 is 6.03 Å². The van der Waals surface area contributed by atoms with Crippen molar-refractivity contribution in [1.29, 1.82) is 0 Å². The highest BCUT2D eigenvalue weighted by Crippen LogP contribution is 1.99. The topological polar surface area (TPSA) is 41.1 Å². The zero-order valence-electron chi connectivity index (χ0n) is 8.44. The van der Waals surface area contributed by atoms with Crippen LogP contribution in [0.15, 0.2) is 49.2 Å². The van der Waals surface area contributed by atoms with E-state index < -0.39 is 0 Å². The Morgan fingerprint density at radius 3 is 2.73 bits per heavy atom. The first-order valence-electron chi connectivity index (χ1n) is 4.70. The van der Waals surface area contributed by atoms with E-state index in [1.54, 1.807) is 12.3 Å². The molecule has 0 heterocycles. The number of hydrogen-bond donors (Lipinski definition) is 2. The van der Waals surface area contributed by atoms with Crippen molar-refractivity contribution < 1.29 is 4.79 Å². The molecule has 0 aliphatic rings. The van der Waals surface area contributed by atoms with E-state index in [1.807, 2.05) is 36.4 Å². The van der Waals surface area contributed by atoms with Crippen molar-refractivity contribution >= 4 is 12.1 Å². The summed E-state index contributed by atoms with van der Waals surface area (Å²) >= 11 is 0. The Kier molecular flexibility index (Phi) is 4.73. The molecule has 1 aromatic rings. The monoisotopic (exact) mass is 202 g/mol. The van der Waals surface area contributed by atoms with Gasteiger partial charge in [0.05, 0.1) is 0 Å². The molecule has 0 saturated carbocycles. The summed E-state index contributed by atoms with van der Waals surface area (Å²) in [6, 6.07) is 9.51. The Morgan fingerprint density at radius 1 is 1.33 bits per heavy atom. The molecular weight excluding hydrogens is 188 g/mol. The van der Waals surface area contributed by atoms with Crippen molar-refractivity contribution in [3.05, 3.63) is 54.8 Å². The van der Waals surface area contributed by atoms with Crippen LogP contribution in [0.3, 0.4) is 0 Å². The highest BCUT2D eigenvalue weighted by Gasteiger charge is 1.91. The van der Waals surface area contributed by atoms with Gasteiger partial charge in [0, 0.05) is 12.7 Å². The van der Waals surface area contributed by atoms with Crippen LogP contribution in [-0.2, 0) is 0 Å². The Hall–Kier alpha value is -2.03. The maximum Gasteiger partial charge on any atom is 0.319 e. The van der Waals surface area contributed by atoms with Crippen molar-refractivity contribution in [1.82, 2.24) is 10.6 Å². The van der Waals surface area contributed by atoms with Crippen molar-refractivity contribution in [3.8, 4) is 0 Å². The summed E-state index contributed by atoms with van der Waals surface area (Å²) in [5.41, 5.74) is 1.04. The molecule has 0 spiro atoms. The number of hydrogen-bond acceptors (Lipinski definition) is 1. The average molecular weight is 202 g/mol. The number of benzene rings is 1. The fourth-order valence-electron chi connectivity index (χ4n) is 0.994. The summed E-state index contributed by atoms with van der Waals surface area (Å²) < 4.78 is 0. The minimum absolute atomic E-state index is 0.234. The number of urea groups is 1. The van der Waals surface area contributed by atoms with E-state index in [4.69, 9.17) is 0 Å². The smallest absolute Gasteiger partial charge is 0.319 e. The van der Waals surface area contributed by atoms with Gasteiger partial charge in [-0.1, -0.05) is 36.4 Å². The first-order chi connectivity index (χ1) is 7.33. The molecule has 0 aliphatic carbocycles. The average Bonchev–Trinajstić information content (AvgIpc) is 2.28. The molecule has 78 valence electrons. The lowest BCUT2D eigenvalue weighted by Crippen LogP contribution is -2.31. The molecule has 0 bridgehead atoms. The van der Waals surface area contributed by atoms with Gasteiger partial charge in [-0.05, 0) is 11.6 Å². The molecule has 0 aromatic heterocycles. The van der Waals surface area contributed by atoms with Gasteiger partial charge in [-0.2, -0.15) is 0 Å². The number of amides is 2. The van der Waals surface area contributed by atoms with Gasteiger partial charge in [0.2, 0.25) is 0 Å². The number of rotatable bonds is 4. The minimum atomic E-state index is -0.234. The van der Waals surface area contributed by atoms with Crippen LogP contribution in [0.2, 0.25) is 0 Å². The van der Waals surface area contributed by atoms with Crippen LogP contribution < -0.4 is 10.6 Å². The molecule has 0 saturated heterocycles. The van der Waals surface area contributed by atoms with Crippen LogP contribution in [0.25, 0.3) is 6.08 Å². The SMILES string of the molecule is C=CCNC(=O)N/C=C/c1ccccc1. The lowest BCUT2D eigenvalue weighted by molar-refractivity contribution is 0.245. The number of carbonyl (C=O) groups excluding carboxylic acids is 1. The lowest BCUT2D eigenvalue weighted by atomic mass is 10.2. The highest BCUT2D eigenvalue weighted by atomic mass is 16.2. The predicted octanol–water partition coefficient (Wildman–Crippen LogP) is 2.14. The summed E-state index contributed by atoms with van der Waals surface area (Å²) in [5.74, 6) is 0. The first kappa shape index (κ1) is 11.0. The van der Waals surface area contributed by atoms with Gasteiger partial charge in [0.25, 0.3) is 0 Å². The molecule has 1 aromatic carbocycles. The Balaban J connectivity index is 2.33. The Labute approximate surface area is 89.5 Å².